The monoisotopic (exact) mass is 321 g/mol. The quantitative estimate of drug-likeness (QED) is 0.352. The van der Waals surface area contributed by atoms with E-state index in [1.165, 1.54) is 0 Å². The second-order valence-corrected chi connectivity index (χ2v) is 5.57. The third-order valence-electron chi connectivity index (χ3n) is 3.82. The van der Waals surface area contributed by atoms with Gasteiger partial charge in [-0.05, 0) is 38.3 Å². The average Bonchev–Trinajstić information content (AvgIpc) is 2.60. The standard InChI is InChI=1S/C18H31N3O2/c1-4-18(22,5-2)15-21-17(19-6-3)20-13-10-14-23-16-11-8-7-9-12-16/h7-9,11-12,22H,4-6,10,13-15H2,1-3H3,(H2,19,20,21). The van der Waals surface area contributed by atoms with Crippen molar-refractivity contribution in [3.8, 4) is 5.75 Å². The fraction of sp³-hybridized carbons (Fsp3) is 0.611. The third-order valence-corrected chi connectivity index (χ3v) is 3.82. The van der Waals surface area contributed by atoms with E-state index in [0.29, 0.717) is 26.0 Å². The molecule has 0 fully saturated rings. The highest BCUT2D eigenvalue weighted by atomic mass is 16.5. The SMILES string of the molecule is CCNC(=NCC(O)(CC)CC)NCCCOc1ccccc1. The molecule has 0 spiro atoms. The highest BCUT2D eigenvalue weighted by Crippen LogP contribution is 2.14. The lowest BCUT2D eigenvalue weighted by Gasteiger charge is -2.23. The summed E-state index contributed by atoms with van der Waals surface area (Å²) in [6, 6.07) is 9.81. The van der Waals surface area contributed by atoms with Crippen molar-refractivity contribution >= 4 is 5.96 Å². The maximum Gasteiger partial charge on any atom is 0.191 e. The number of rotatable bonds is 10. The van der Waals surface area contributed by atoms with E-state index in [2.05, 4.69) is 15.6 Å². The fourth-order valence-corrected chi connectivity index (χ4v) is 2.03. The highest BCUT2D eigenvalue weighted by Gasteiger charge is 2.21. The lowest BCUT2D eigenvalue weighted by molar-refractivity contribution is 0.0418. The highest BCUT2D eigenvalue weighted by molar-refractivity contribution is 5.79. The van der Waals surface area contributed by atoms with Gasteiger partial charge in [0.15, 0.2) is 5.96 Å². The van der Waals surface area contributed by atoms with E-state index in [9.17, 15) is 5.11 Å². The van der Waals surface area contributed by atoms with E-state index in [1.54, 1.807) is 0 Å². The van der Waals surface area contributed by atoms with Crippen molar-refractivity contribution in [3.05, 3.63) is 30.3 Å². The zero-order valence-electron chi connectivity index (χ0n) is 14.6. The van der Waals surface area contributed by atoms with Crippen LogP contribution >= 0.6 is 0 Å². The normalized spacial score (nSPS) is 12.1. The largest absolute Gasteiger partial charge is 0.494 e. The number of para-hydroxylation sites is 1. The van der Waals surface area contributed by atoms with E-state index in [4.69, 9.17) is 4.74 Å². The van der Waals surface area contributed by atoms with Gasteiger partial charge in [-0.3, -0.25) is 4.99 Å². The summed E-state index contributed by atoms with van der Waals surface area (Å²) in [5.41, 5.74) is -0.710. The van der Waals surface area contributed by atoms with Crippen LogP contribution in [0.15, 0.2) is 35.3 Å². The van der Waals surface area contributed by atoms with Gasteiger partial charge in [-0.1, -0.05) is 32.0 Å². The molecule has 130 valence electrons. The van der Waals surface area contributed by atoms with Crippen LogP contribution in [0.4, 0.5) is 0 Å². The molecule has 0 heterocycles. The molecule has 0 amide bonds. The Balaban J connectivity index is 2.32. The summed E-state index contributed by atoms with van der Waals surface area (Å²) in [4.78, 5) is 4.49. The molecular weight excluding hydrogens is 290 g/mol. The van der Waals surface area contributed by atoms with Crippen LogP contribution in [0.5, 0.6) is 5.75 Å². The Hall–Kier alpha value is -1.75. The number of hydrogen-bond acceptors (Lipinski definition) is 3. The summed E-state index contributed by atoms with van der Waals surface area (Å²) in [6.07, 6.45) is 2.29. The average molecular weight is 321 g/mol. The molecule has 0 aromatic heterocycles. The summed E-state index contributed by atoms with van der Waals surface area (Å²) in [6.45, 7) is 8.64. The summed E-state index contributed by atoms with van der Waals surface area (Å²) in [5, 5.41) is 16.8. The number of guanidine groups is 1. The first-order chi connectivity index (χ1) is 11.1. The summed E-state index contributed by atoms with van der Waals surface area (Å²) >= 11 is 0. The van der Waals surface area contributed by atoms with Gasteiger partial charge < -0.3 is 20.5 Å². The summed E-state index contributed by atoms with van der Waals surface area (Å²) in [7, 11) is 0. The minimum atomic E-state index is -0.710. The van der Waals surface area contributed by atoms with Crippen LogP contribution in [0.3, 0.4) is 0 Å². The number of aliphatic imine (C=N–C) groups is 1. The first-order valence-electron chi connectivity index (χ1n) is 8.56. The van der Waals surface area contributed by atoms with E-state index in [1.807, 2.05) is 51.1 Å². The topological polar surface area (TPSA) is 65.9 Å². The fourth-order valence-electron chi connectivity index (χ4n) is 2.03. The minimum absolute atomic E-state index is 0.413. The van der Waals surface area contributed by atoms with Gasteiger partial charge in [0.1, 0.15) is 5.75 Å². The third kappa shape index (κ3) is 7.88. The molecule has 0 bridgehead atoms. The van der Waals surface area contributed by atoms with Crippen LogP contribution in [0, 0.1) is 0 Å². The molecule has 3 N–H and O–H groups in total. The smallest absolute Gasteiger partial charge is 0.191 e. The Morgan fingerprint density at radius 2 is 1.83 bits per heavy atom. The van der Waals surface area contributed by atoms with Gasteiger partial charge in [0.2, 0.25) is 0 Å². The molecule has 0 aliphatic carbocycles. The van der Waals surface area contributed by atoms with Gasteiger partial charge in [0, 0.05) is 13.1 Å². The lowest BCUT2D eigenvalue weighted by Crippen LogP contribution is -2.40. The molecule has 0 radical (unpaired) electrons. The van der Waals surface area contributed by atoms with Gasteiger partial charge in [0.25, 0.3) is 0 Å². The number of aliphatic hydroxyl groups is 1. The van der Waals surface area contributed by atoms with E-state index in [0.717, 1.165) is 31.2 Å². The number of hydrogen-bond donors (Lipinski definition) is 3. The second kappa shape index (κ2) is 10.9. The summed E-state index contributed by atoms with van der Waals surface area (Å²) < 4.78 is 5.66. The molecule has 1 aromatic rings. The van der Waals surface area contributed by atoms with Gasteiger partial charge >= 0.3 is 0 Å². The molecule has 0 aliphatic rings. The molecule has 5 nitrogen and oxygen atoms in total. The van der Waals surface area contributed by atoms with Crippen LogP contribution in [0.1, 0.15) is 40.0 Å². The van der Waals surface area contributed by atoms with Gasteiger partial charge in [0.05, 0.1) is 18.8 Å². The van der Waals surface area contributed by atoms with E-state index >= 15 is 0 Å². The van der Waals surface area contributed by atoms with Crippen LogP contribution < -0.4 is 15.4 Å². The molecule has 1 rings (SSSR count). The Morgan fingerprint density at radius 3 is 2.43 bits per heavy atom. The van der Waals surface area contributed by atoms with Crippen molar-refractivity contribution in [1.82, 2.24) is 10.6 Å². The minimum Gasteiger partial charge on any atom is -0.494 e. The van der Waals surface area contributed by atoms with Gasteiger partial charge in [-0.2, -0.15) is 0 Å². The maximum absolute atomic E-state index is 10.3. The van der Waals surface area contributed by atoms with Gasteiger partial charge in [-0.25, -0.2) is 0 Å². The van der Waals surface area contributed by atoms with Crippen LogP contribution in [0.2, 0.25) is 0 Å². The van der Waals surface area contributed by atoms with Crippen molar-refractivity contribution in [3.63, 3.8) is 0 Å². The zero-order chi connectivity index (χ0) is 17.0. The molecule has 0 atom stereocenters. The molecule has 0 unspecified atom stereocenters. The predicted molar refractivity (Wildman–Crippen MR) is 96.1 cm³/mol. The zero-order valence-corrected chi connectivity index (χ0v) is 14.6. The number of nitrogens with zero attached hydrogens (tertiary/aromatic N) is 1. The number of benzene rings is 1. The lowest BCUT2D eigenvalue weighted by atomic mass is 9.98. The molecule has 0 saturated carbocycles. The van der Waals surface area contributed by atoms with E-state index in [-0.39, 0.29) is 0 Å². The first kappa shape index (κ1) is 19.3. The van der Waals surface area contributed by atoms with Crippen molar-refractivity contribution in [2.24, 2.45) is 4.99 Å². The number of ether oxygens (including phenoxy) is 1. The molecular formula is C18H31N3O2. The van der Waals surface area contributed by atoms with Crippen LogP contribution in [-0.4, -0.2) is 42.9 Å². The van der Waals surface area contributed by atoms with Crippen molar-refractivity contribution in [1.29, 1.82) is 0 Å². The van der Waals surface area contributed by atoms with E-state index < -0.39 is 5.60 Å². The van der Waals surface area contributed by atoms with Crippen molar-refractivity contribution in [2.45, 2.75) is 45.6 Å². The molecule has 5 heteroatoms. The van der Waals surface area contributed by atoms with Crippen LogP contribution in [0.25, 0.3) is 0 Å². The maximum atomic E-state index is 10.3. The molecule has 23 heavy (non-hydrogen) atoms. The first-order valence-corrected chi connectivity index (χ1v) is 8.56. The van der Waals surface area contributed by atoms with Crippen molar-refractivity contribution < 1.29 is 9.84 Å². The molecule has 0 aliphatic heterocycles. The van der Waals surface area contributed by atoms with Gasteiger partial charge in [-0.15, -0.1) is 0 Å². The molecule has 0 saturated heterocycles. The Bertz CT molecular complexity index is 445. The van der Waals surface area contributed by atoms with Crippen LogP contribution in [-0.2, 0) is 0 Å². The number of nitrogens with one attached hydrogen (secondary N) is 2. The summed E-state index contributed by atoms with van der Waals surface area (Å²) in [5.74, 6) is 1.64. The Labute approximate surface area is 140 Å². The Morgan fingerprint density at radius 1 is 1.13 bits per heavy atom. The Kier molecular flexibility index (Phi) is 9.14. The predicted octanol–water partition coefficient (Wildman–Crippen LogP) is 2.56. The molecule has 1 aromatic carbocycles. The van der Waals surface area contributed by atoms with Crippen molar-refractivity contribution in [2.75, 3.05) is 26.2 Å². The second-order valence-electron chi connectivity index (χ2n) is 5.57.